The third-order valence-corrected chi connectivity index (χ3v) is 3.47. The lowest BCUT2D eigenvalue weighted by Crippen LogP contribution is -2.30. The van der Waals surface area contributed by atoms with Crippen LogP contribution in [0.25, 0.3) is 0 Å². The van der Waals surface area contributed by atoms with Crippen molar-refractivity contribution in [3.05, 3.63) is 53.1 Å². The number of aryl methyl sites for hydroxylation is 2. The predicted molar refractivity (Wildman–Crippen MR) is 77.4 cm³/mol. The molecule has 0 radical (unpaired) electrons. The van der Waals surface area contributed by atoms with Gasteiger partial charge in [-0.1, -0.05) is 25.1 Å². The molecular formula is C15H21FN4. The minimum absolute atomic E-state index is 0.242. The van der Waals surface area contributed by atoms with E-state index in [2.05, 4.69) is 23.5 Å². The van der Waals surface area contributed by atoms with Crippen molar-refractivity contribution in [3.8, 4) is 0 Å². The Hall–Kier alpha value is -1.72. The molecule has 20 heavy (non-hydrogen) atoms. The summed E-state index contributed by atoms with van der Waals surface area (Å²) in [5.74, 6) is 5.36. The quantitative estimate of drug-likeness (QED) is 0.629. The summed E-state index contributed by atoms with van der Waals surface area (Å²) in [6.07, 6.45) is 1.50. The zero-order chi connectivity index (χ0) is 14.5. The number of nitrogens with two attached hydrogens (primary N) is 1. The molecule has 0 aliphatic heterocycles. The van der Waals surface area contributed by atoms with E-state index < -0.39 is 0 Å². The molecule has 1 atom stereocenters. The second-order valence-electron chi connectivity index (χ2n) is 4.74. The number of nitrogens with one attached hydrogen (secondary N) is 1. The van der Waals surface area contributed by atoms with Crippen molar-refractivity contribution >= 4 is 0 Å². The zero-order valence-electron chi connectivity index (χ0n) is 11.9. The molecule has 1 aromatic carbocycles. The van der Waals surface area contributed by atoms with E-state index in [-0.39, 0.29) is 11.9 Å². The Morgan fingerprint density at radius 2 is 2.10 bits per heavy atom. The molecule has 4 nitrogen and oxygen atoms in total. The molecule has 2 aromatic rings. The number of nitrogens with zero attached hydrogens (tertiary/aromatic N) is 2. The number of aromatic nitrogens is 2. The fourth-order valence-corrected chi connectivity index (χ4v) is 2.35. The summed E-state index contributed by atoms with van der Waals surface area (Å²) in [5, 5.41) is 4.50. The number of hydrogen-bond donors (Lipinski definition) is 2. The molecular weight excluding hydrogens is 255 g/mol. The van der Waals surface area contributed by atoms with Gasteiger partial charge >= 0.3 is 0 Å². The molecule has 108 valence electrons. The second-order valence-corrected chi connectivity index (χ2v) is 4.74. The van der Waals surface area contributed by atoms with Gasteiger partial charge in [0.2, 0.25) is 0 Å². The van der Waals surface area contributed by atoms with Gasteiger partial charge in [-0.25, -0.2) is 4.39 Å². The van der Waals surface area contributed by atoms with Crippen molar-refractivity contribution in [2.45, 2.75) is 39.3 Å². The minimum atomic E-state index is -0.261. The van der Waals surface area contributed by atoms with E-state index in [1.807, 2.05) is 17.7 Å². The molecule has 0 amide bonds. The lowest BCUT2D eigenvalue weighted by molar-refractivity contribution is 0.490. The Kier molecular flexibility index (Phi) is 4.87. The Morgan fingerprint density at radius 1 is 1.35 bits per heavy atom. The van der Waals surface area contributed by atoms with Crippen LogP contribution < -0.4 is 11.3 Å². The lowest BCUT2D eigenvalue weighted by Gasteiger charge is -2.17. The zero-order valence-corrected chi connectivity index (χ0v) is 11.9. The maximum Gasteiger partial charge on any atom is 0.128 e. The van der Waals surface area contributed by atoms with Crippen LogP contribution in [-0.4, -0.2) is 9.78 Å². The first-order valence-electron chi connectivity index (χ1n) is 6.95. The molecule has 3 N–H and O–H groups in total. The van der Waals surface area contributed by atoms with Crippen LogP contribution in [0.1, 0.15) is 36.8 Å². The van der Waals surface area contributed by atoms with Gasteiger partial charge in [0.1, 0.15) is 5.82 Å². The maximum atomic E-state index is 13.9. The fourth-order valence-electron chi connectivity index (χ4n) is 2.35. The molecule has 0 saturated heterocycles. The molecule has 5 heteroatoms. The number of hydrogen-bond acceptors (Lipinski definition) is 3. The van der Waals surface area contributed by atoms with Gasteiger partial charge in [-0.3, -0.25) is 16.0 Å². The van der Waals surface area contributed by atoms with E-state index in [9.17, 15) is 4.39 Å². The van der Waals surface area contributed by atoms with E-state index in [0.29, 0.717) is 12.0 Å². The minimum Gasteiger partial charge on any atom is -0.271 e. The lowest BCUT2D eigenvalue weighted by atomic mass is 10.0. The molecule has 0 spiro atoms. The van der Waals surface area contributed by atoms with Crippen molar-refractivity contribution in [1.82, 2.24) is 15.2 Å². The van der Waals surface area contributed by atoms with Crippen LogP contribution in [0.15, 0.2) is 30.3 Å². The Bertz CT molecular complexity index is 565. The van der Waals surface area contributed by atoms with Gasteiger partial charge in [0.25, 0.3) is 0 Å². The smallest absolute Gasteiger partial charge is 0.128 e. The van der Waals surface area contributed by atoms with Gasteiger partial charge < -0.3 is 0 Å². The van der Waals surface area contributed by atoms with Crippen molar-refractivity contribution < 1.29 is 4.39 Å². The highest BCUT2D eigenvalue weighted by Crippen LogP contribution is 2.21. The van der Waals surface area contributed by atoms with Crippen molar-refractivity contribution in [1.29, 1.82) is 0 Å². The highest BCUT2D eigenvalue weighted by molar-refractivity contribution is 5.23. The Balaban J connectivity index is 2.26. The highest BCUT2D eigenvalue weighted by atomic mass is 19.1. The van der Waals surface area contributed by atoms with E-state index >= 15 is 0 Å². The largest absolute Gasteiger partial charge is 0.271 e. The first-order chi connectivity index (χ1) is 9.69. The van der Waals surface area contributed by atoms with Crippen LogP contribution in [0, 0.1) is 5.82 Å². The van der Waals surface area contributed by atoms with Crippen LogP contribution in [-0.2, 0) is 19.4 Å². The van der Waals surface area contributed by atoms with Gasteiger partial charge in [-0.15, -0.1) is 0 Å². The third-order valence-electron chi connectivity index (χ3n) is 3.47. The SMILES string of the molecule is CCc1cc(CC(NN)c2ccccc2F)n(CC)n1. The fraction of sp³-hybridized carbons (Fsp3) is 0.400. The molecule has 1 aromatic heterocycles. The molecule has 0 bridgehead atoms. The maximum absolute atomic E-state index is 13.9. The first kappa shape index (κ1) is 14.7. The molecule has 0 saturated carbocycles. The summed E-state index contributed by atoms with van der Waals surface area (Å²) in [6, 6.07) is 8.51. The highest BCUT2D eigenvalue weighted by Gasteiger charge is 2.17. The molecule has 0 aliphatic rings. The van der Waals surface area contributed by atoms with Gasteiger partial charge in [-0.2, -0.15) is 5.10 Å². The number of hydrazine groups is 1. The molecule has 0 fully saturated rings. The molecule has 2 rings (SSSR count). The van der Waals surface area contributed by atoms with Gasteiger partial charge in [0.15, 0.2) is 0 Å². The van der Waals surface area contributed by atoms with Crippen LogP contribution in [0.2, 0.25) is 0 Å². The molecule has 1 heterocycles. The average molecular weight is 276 g/mol. The van der Waals surface area contributed by atoms with Crippen LogP contribution in [0.3, 0.4) is 0 Å². The topological polar surface area (TPSA) is 55.9 Å². The standard InChI is InChI=1S/C15H21FN4/c1-3-11-9-12(20(4-2)19-11)10-15(18-17)13-7-5-6-8-14(13)16/h5-9,15,18H,3-4,10,17H2,1-2H3. The summed E-state index contributed by atoms with van der Waals surface area (Å²) in [5.41, 5.74) is 5.40. The van der Waals surface area contributed by atoms with E-state index in [1.54, 1.807) is 12.1 Å². The second kappa shape index (κ2) is 6.63. The van der Waals surface area contributed by atoms with E-state index in [0.717, 1.165) is 24.4 Å². The molecule has 0 aliphatic carbocycles. The van der Waals surface area contributed by atoms with Gasteiger partial charge in [0, 0.05) is 24.2 Å². The third kappa shape index (κ3) is 3.05. The first-order valence-corrected chi connectivity index (χ1v) is 6.95. The van der Waals surface area contributed by atoms with Crippen molar-refractivity contribution in [3.63, 3.8) is 0 Å². The van der Waals surface area contributed by atoms with E-state index in [1.165, 1.54) is 6.07 Å². The van der Waals surface area contributed by atoms with Crippen molar-refractivity contribution in [2.24, 2.45) is 5.84 Å². The summed E-state index contributed by atoms with van der Waals surface area (Å²) in [7, 11) is 0. The summed E-state index contributed by atoms with van der Waals surface area (Å²) in [6.45, 7) is 4.91. The summed E-state index contributed by atoms with van der Waals surface area (Å²) in [4.78, 5) is 0. The van der Waals surface area contributed by atoms with Crippen LogP contribution in [0.5, 0.6) is 0 Å². The predicted octanol–water partition coefficient (Wildman–Crippen LogP) is 2.35. The van der Waals surface area contributed by atoms with E-state index in [4.69, 9.17) is 5.84 Å². The van der Waals surface area contributed by atoms with Gasteiger partial charge in [0.05, 0.1) is 11.7 Å². The Morgan fingerprint density at radius 3 is 2.70 bits per heavy atom. The normalized spacial score (nSPS) is 12.6. The van der Waals surface area contributed by atoms with Crippen LogP contribution in [0.4, 0.5) is 4.39 Å². The number of rotatable bonds is 6. The Labute approximate surface area is 118 Å². The van der Waals surface area contributed by atoms with Crippen LogP contribution >= 0.6 is 0 Å². The molecule has 1 unspecified atom stereocenters. The number of halogens is 1. The average Bonchev–Trinajstić information content (AvgIpc) is 2.88. The summed E-state index contributed by atoms with van der Waals surface area (Å²) >= 11 is 0. The monoisotopic (exact) mass is 276 g/mol. The van der Waals surface area contributed by atoms with Gasteiger partial charge in [-0.05, 0) is 25.5 Å². The van der Waals surface area contributed by atoms with Crippen molar-refractivity contribution in [2.75, 3.05) is 0 Å². The number of benzene rings is 1. The summed E-state index contributed by atoms with van der Waals surface area (Å²) < 4.78 is 15.8.